The predicted octanol–water partition coefficient (Wildman–Crippen LogP) is 2.05. The van der Waals surface area contributed by atoms with Gasteiger partial charge in [-0.2, -0.15) is 0 Å². The molecule has 1 fully saturated rings. The zero-order valence-electron chi connectivity index (χ0n) is 10.9. The van der Waals surface area contributed by atoms with Crippen LogP contribution in [-0.2, 0) is 4.79 Å². The lowest BCUT2D eigenvalue weighted by molar-refractivity contribution is -0.140. The van der Waals surface area contributed by atoms with Crippen LogP contribution in [0.5, 0.6) is 0 Å². The Morgan fingerprint density at radius 1 is 1.30 bits per heavy atom. The summed E-state index contributed by atoms with van der Waals surface area (Å²) in [7, 11) is 0. The molecule has 2 aromatic rings. The molecule has 1 N–H and O–H groups in total. The molecule has 0 radical (unpaired) electrons. The fourth-order valence-corrected chi connectivity index (χ4v) is 2.55. The molecule has 1 unspecified atom stereocenters. The van der Waals surface area contributed by atoms with Gasteiger partial charge < -0.3 is 10.0 Å². The van der Waals surface area contributed by atoms with Gasteiger partial charge in [0.15, 0.2) is 0 Å². The predicted molar refractivity (Wildman–Crippen MR) is 75.4 cm³/mol. The lowest BCUT2D eigenvalue weighted by Gasteiger charge is -2.19. The third kappa shape index (κ3) is 2.34. The van der Waals surface area contributed by atoms with Crippen LogP contribution in [0, 0.1) is 5.92 Å². The first kappa shape index (κ1) is 12.6. The molecule has 0 saturated carbocycles. The molecule has 2 heterocycles. The molecule has 5 nitrogen and oxygen atoms in total. The molecule has 1 aromatic carbocycles. The van der Waals surface area contributed by atoms with Crippen molar-refractivity contribution in [3.63, 3.8) is 0 Å². The van der Waals surface area contributed by atoms with Crippen molar-refractivity contribution in [2.24, 2.45) is 5.92 Å². The monoisotopic (exact) mass is 269 g/mol. The van der Waals surface area contributed by atoms with Crippen LogP contribution in [0.2, 0.25) is 0 Å². The summed E-state index contributed by atoms with van der Waals surface area (Å²) >= 11 is 0. The van der Waals surface area contributed by atoms with Gasteiger partial charge in [-0.3, -0.25) is 4.79 Å². The minimum absolute atomic E-state index is 0.311. The van der Waals surface area contributed by atoms with E-state index in [1.807, 2.05) is 35.2 Å². The Bertz CT molecular complexity index is 616. The second-order valence-electron chi connectivity index (χ2n) is 4.90. The fraction of sp³-hybridized carbons (Fsp3) is 0.267. The van der Waals surface area contributed by atoms with Crippen LogP contribution in [0.25, 0.3) is 11.1 Å². The molecule has 1 aromatic heterocycles. The highest BCUT2D eigenvalue weighted by Crippen LogP contribution is 2.31. The highest BCUT2D eigenvalue weighted by Gasteiger charge is 2.29. The quantitative estimate of drug-likeness (QED) is 0.923. The van der Waals surface area contributed by atoms with Gasteiger partial charge >= 0.3 is 5.97 Å². The van der Waals surface area contributed by atoms with Crippen molar-refractivity contribution in [2.75, 3.05) is 18.0 Å². The topological polar surface area (TPSA) is 66.3 Å². The molecule has 3 rings (SSSR count). The number of carbonyl (C=O) groups is 1. The van der Waals surface area contributed by atoms with Crippen molar-refractivity contribution < 1.29 is 9.90 Å². The lowest BCUT2D eigenvalue weighted by atomic mass is 10.1. The van der Waals surface area contributed by atoms with Gasteiger partial charge in [0.25, 0.3) is 0 Å². The maximum Gasteiger partial charge on any atom is 0.308 e. The normalized spacial score (nSPS) is 18.2. The molecule has 0 aliphatic carbocycles. The zero-order valence-corrected chi connectivity index (χ0v) is 10.9. The molecular weight excluding hydrogens is 254 g/mol. The Balaban J connectivity index is 1.94. The lowest BCUT2D eigenvalue weighted by Crippen LogP contribution is -2.24. The van der Waals surface area contributed by atoms with Crippen LogP contribution in [0.3, 0.4) is 0 Å². The number of carboxylic acid groups (broad SMARTS) is 1. The molecule has 1 saturated heterocycles. The average molecular weight is 269 g/mol. The summed E-state index contributed by atoms with van der Waals surface area (Å²) in [4.78, 5) is 21.6. The smallest absolute Gasteiger partial charge is 0.308 e. The van der Waals surface area contributed by atoms with E-state index in [9.17, 15) is 4.79 Å². The van der Waals surface area contributed by atoms with Crippen LogP contribution in [0.4, 0.5) is 5.82 Å². The number of hydrogen-bond acceptors (Lipinski definition) is 4. The van der Waals surface area contributed by atoms with Crippen molar-refractivity contribution in [3.8, 4) is 11.1 Å². The Kier molecular flexibility index (Phi) is 3.33. The standard InChI is InChI=1S/C15H15N3O2/c19-15(20)12-6-7-18(9-12)14-13(8-16-10-17-14)11-4-2-1-3-5-11/h1-5,8,10,12H,6-7,9H2,(H,19,20). The van der Waals surface area contributed by atoms with E-state index in [-0.39, 0.29) is 5.92 Å². The first-order valence-corrected chi connectivity index (χ1v) is 6.59. The van der Waals surface area contributed by atoms with Gasteiger partial charge in [0, 0.05) is 24.8 Å². The Hall–Kier alpha value is -2.43. The van der Waals surface area contributed by atoms with E-state index < -0.39 is 5.97 Å². The summed E-state index contributed by atoms with van der Waals surface area (Å²) in [5, 5.41) is 9.10. The summed E-state index contributed by atoms with van der Waals surface area (Å²) in [5.41, 5.74) is 1.99. The molecule has 1 aliphatic rings. The highest BCUT2D eigenvalue weighted by molar-refractivity contribution is 5.77. The van der Waals surface area contributed by atoms with Crippen molar-refractivity contribution in [3.05, 3.63) is 42.9 Å². The molecule has 20 heavy (non-hydrogen) atoms. The first-order chi connectivity index (χ1) is 9.75. The van der Waals surface area contributed by atoms with E-state index in [1.54, 1.807) is 6.20 Å². The van der Waals surface area contributed by atoms with Crippen LogP contribution >= 0.6 is 0 Å². The summed E-state index contributed by atoms with van der Waals surface area (Å²) in [6.45, 7) is 1.22. The molecule has 5 heteroatoms. The number of carboxylic acids is 1. The van der Waals surface area contributed by atoms with Gasteiger partial charge in [0.2, 0.25) is 0 Å². The largest absolute Gasteiger partial charge is 0.481 e. The molecule has 0 spiro atoms. The van der Waals surface area contributed by atoms with Crippen LogP contribution in [0.1, 0.15) is 6.42 Å². The summed E-state index contributed by atoms with van der Waals surface area (Å²) < 4.78 is 0. The Morgan fingerprint density at radius 2 is 2.10 bits per heavy atom. The van der Waals surface area contributed by atoms with Crippen molar-refractivity contribution in [1.82, 2.24) is 9.97 Å². The molecule has 1 atom stereocenters. The van der Waals surface area contributed by atoms with Gasteiger partial charge in [0.05, 0.1) is 5.92 Å². The Labute approximate surface area is 116 Å². The Morgan fingerprint density at radius 3 is 2.80 bits per heavy atom. The number of hydrogen-bond donors (Lipinski definition) is 1. The van der Waals surface area contributed by atoms with Gasteiger partial charge in [0.1, 0.15) is 12.1 Å². The highest BCUT2D eigenvalue weighted by atomic mass is 16.4. The van der Waals surface area contributed by atoms with Gasteiger partial charge in [-0.15, -0.1) is 0 Å². The number of nitrogens with zero attached hydrogens (tertiary/aromatic N) is 3. The second kappa shape index (κ2) is 5.28. The summed E-state index contributed by atoms with van der Waals surface area (Å²) in [6, 6.07) is 9.91. The van der Waals surface area contributed by atoms with E-state index in [1.165, 1.54) is 6.33 Å². The number of anilines is 1. The molecule has 1 aliphatic heterocycles. The third-order valence-electron chi connectivity index (χ3n) is 3.61. The maximum absolute atomic E-state index is 11.1. The van der Waals surface area contributed by atoms with E-state index >= 15 is 0 Å². The SMILES string of the molecule is O=C(O)C1CCN(c2ncncc2-c2ccccc2)C1. The first-order valence-electron chi connectivity index (χ1n) is 6.59. The number of aromatic nitrogens is 2. The molecule has 102 valence electrons. The second-order valence-corrected chi connectivity index (χ2v) is 4.90. The summed E-state index contributed by atoms with van der Waals surface area (Å²) in [5.74, 6) is -0.230. The van der Waals surface area contributed by atoms with Crippen molar-refractivity contribution in [1.29, 1.82) is 0 Å². The van der Waals surface area contributed by atoms with Gasteiger partial charge in [-0.25, -0.2) is 9.97 Å². The van der Waals surface area contributed by atoms with Gasteiger partial charge in [-0.05, 0) is 12.0 Å². The molecule has 0 bridgehead atoms. The van der Waals surface area contributed by atoms with Crippen molar-refractivity contribution >= 4 is 11.8 Å². The minimum Gasteiger partial charge on any atom is -0.481 e. The number of benzene rings is 1. The summed E-state index contributed by atoms with van der Waals surface area (Å²) in [6.07, 6.45) is 3.95. The molecule has 0 amide bonds. The maximum atomic E-state index is 11.1. The zero-order chi connectivity index (χ0) is 13.9. The number of rotatable bonds is 3. The molecular formula is C15H15N3O2. The number of aliphatic carboxylic acids is 1. The third-order valence-corrected chi connectivity index (χ3v) is 3.61. The van der Waals surface area contributed by atoms with Crippen LogP contribution in [-0.4, -0.2) is 34.1 Å². The van der Waals surface area contributed by atoms with Crippen molar-refractivity contribution in [2.45, 2.75) is 6.42 Å². The minimum atomic E-state index is -0.734. The van der Waals surface area contributed by atoms with E-state index in [0.29, 0.717) is 19.5 Å². The van der Waals surface area contributed by atoms with E-state index in [0.717, 1.165) is 16.9 Å². The van der Waals surface area contributed by atoms with E-state index in [4.69, 9.17) is 5.11 Å². The fourth-order valence-electron chi connectivity index (χ4n) is 2.55. The van der Waals surface area contributed by atoms with Gasteiger partial charge in [-0.1, -0.05) is 30.3 Å². The van der Waals surface area contributed by atoms with Crippen LogP contribution < -0.4 is 4.90 Å². The van der Waals surface area contributed by atoms with Crippen LogP contribution in [0.15, 0.2) is 42.9 Å². The average Bonchev–Trinajstić information content (AvgIpc) is 2.98. The van der Waals surface area contributed by atoms with E-state index in [2.05, 4.69) is 9.97 Å².